The Labute approximate surface area is 160 Å². The number of ether oxygens (including phenoxy) is 4. The molecule has 28 heavy (non-hydrogen) atoms. The fraction of sp³-hybridized carbons (Fsp3) is 0.150. The number of cyclic esters (lactones) is 1. The van der Waals surface area contributed by atoms with E-state index in [1.54, 1.807) is 31.4 Å². The van der Waals surface area contributed by atoms with Gasteiger partial charge < -0.3 is 18.9 Å². The Hall–Kier alpha value is -3.81. The highest BCUT2D eigenvalue weighted by Gasteiger charge is 2.25. The largest absolute Gasteiger partial charge is 0.497 e. The van der Waals surface area contributed by atoms with Crippen LogP contribution in [0.25, 0.3) is 11.8 Å². The van der Waals surface area contributed by atoms with Gasteiger partial charge in [0, 0.05) is 5.56 Å². The summed E-state index contributed by atoms with van der Waals surface area (Å²) in [5, 5.41) is 11.4. The molecule has 8 heteroatoms. The van der Waals surface area contributed by atoms with Gasteiger partial charge in [0.05, 0.1) is 43.5 Å². The Kier molecular flexibility index (Phi) is 5.30. The van der Waals surface area contributed by atoms with Crippen molar-refractivity contribution in [1.82, 2.24) is 0 Å². The van der Waals surface area contributed by atoms with E-state index in [9.17, 15) is 14.9 Å². The molecular formula is C20H17NO7. The van der Waals surface area contributed by atoms with Crippen molar-refractivity contribution in [2.45, 2.75) is 0 Å². The van der Waals surface area contributed by atoms with E-state index in [1.165, 1.54) is 38.5 Å². The van der Waals surface area contributed by atoms with Gasteiger partial charge in [-0.15, -0.1) is 0 Å². The summed E-state index contributed by atoms with van der Waals surface area (Å²) in [5.74, 6) is 0.952. The van der Waals surface area contributed by atoms with E-state index in [2.05, 4.69) is 0 Å². The maximum Gasteiger partial charge on any atom is 0.343 e. The lowest BCUT2D eigenvalue weighted by Crippen LogP contribution is -1.99. The molecule has 0 saturated carbocycles. The van der Waals surface area contributed by atoms with E-state index in [1.807, 2.05) is 0 Å². The van der Waals surface area contributed by atoms with Crippen LogP contribution in [0, 0.1) is 10.1 Å². The van der Waals surface area contributed by atoms with Crippen LogP contribution in [0.4, 0.5) is 5.69 Å². The topological polar surface area (TPSA) is 97.1 Å². The Balaban J connectivity index is 2.03. The maximum absolute atomic E-state index is 12.3. The summed E-state index contributed by atoms with van der Waals surface area (Å²) >= 11 is 0. The molecule has 0 aromatic heterocycles. The third kappa shape index (κ3) is 3.66. The summed E-state index contributed by atoms with van der Waals surface area (Å²) in [7, 11) is 4.37. The Morgan fingerprint density at radius 3 is 2.21 bits per heavy atom. The normalized spacial score (nSPS) is 14.5. The third-order valence-electron chi connectivity index (χ3n) is 4.14. The second-order valence-electron chi connectivity index (χ2n) is 5.75. The van der Waals surface area contributed by atoms with Gasteiger partial charge >= 0.3 is 5.97 Å². The number of carbonyl (C=O) groups is 1. The van der Waals surface area contributed by atoms with Gasteiger partial charge in [0.15, 0.2) is 11.5 Å². The van der Waals surface area contributed by atoms with Crippen LogP contribution in [0.1, 0.15) is 11.1 Å². The molecule has 1 aliphatic rings. The van der Waals surface area contributed by atoms with E-state index in [-0.39, 0.29) is 22.6 Å². The SMILES string of the molecule is COc1ccc(C2=C/C(=C\c3cc(OC)c(OC)cc3[N+](=O)[O-])C(=O)O2)cc1. The zero-order chi connectivity index (χ0) is 20.3. The maximum atomic E-state index is 12.3. The van der Waals surface area contributed by atoms with Gasteiger partial charge in [0.2, 0.25) is 0 Å². The van der Waals surface area contributed by atoms with Gasteiger partial charge in [-0.2, -0.15) is 0 Å². The lowest BCUT2D eigenvalue weighted by molar-refractivity contribution is -0.385. The number of rotatable bonds is 6. The van der Waals surface area contributed by atoms with Gasteiger partial charge in [0.25, 0.3) is 5.69 Å². The molecule has 0 N–H and O–H groups in total. The first-order valence-electron chi connectivity index (χ1n) is 8.17. The van der Waals surface area contributed by atoms with Crippen molar-refractivity contribution in [2.24, 2.45) is 0 Å². The van der Waals surface area contributed by atoms with Crippen LogP contribution in [0.5, 0.6) is 17.2 Å². The summed E-state index contributed by atoms with van der Waals surface area (Å²) in [6, 6.07) is 9.67. The molecule has 0 atom stereocenters. The number of benzene rings is 2. The van der Waals surface area contributed by atoms with E-state index in [0.717, 1.165) is 0 Å². The molecule has 0 aliphatic carbocycles. The molecule has 0 fully saturated rings. The summed E-state index contributed by atoms with van der Waals surface area (Å²) in [6.45, 7) is 0. The van der Waals surface area contributed by atoms with Gasteiger partial charge in [-0.25, -0.2) is 4.79 Å². The second-order valence-corrected chi connectivity index (χ2v) is 5.75. The highest BCUT2D eigenvalue weighted by Crippen LogP contribution is 2.37. The van der Waals surface area contributed by atoms with Crippen LogP contribution in [-0.4, -0.2) is 32.2 Å². The van der Waals surface area contributed by atoms with E-state index in [0.29, 0.717) is 22.8 Å². The Morgan fingerprint density at radius 2 is 1.64 bits per heavy atom. The van der Waals surface area contributed by atoms with Crippen LogP contribution >= 0.6 is 0 Å². The van der Waals surface area contributed by atoms with E-state index >= 15 is 0 Å². The number of nitro benzene ring substituents is 1. The zero-order valence-corrected chi connectivity index (χ0v) is 15.4. The van der Waals surface area contributed by atoms with Crippen molar-refractivity contribution >= 4 is 23.5 Å². The number of hydrogen-bond acceptors (Lipinski definition) is 7. The fourth-order valence-corrected chi connectivity index (χ4v) is 2.71. The number of nitro groups is 1. The first-order chi connectivity index (χ1) is 13.5. The van der Waals surface area contributed by atoms with Crippen molar-refractivity contribution in [1.29, 1.82) is 0 Å². The molecule has 144 valence electrons. The number of esters is 1. The summed E-state index contributed by atoms with van der Waals surface area (Å²) in [4.78, 5) is 23.1. The Morgan fingerprint density at radius 1 is 1.00 bits per heavy atom. The quantitative estimate of drug-likeness (QED) is 0.325. The van der Waals surface area contributed by atoms with Crippen LogP contribution in [0.2, 0.25) is 0 Å². The second kappa shape index (κ2) is 7.83. The van der Waals surface area contributed by atoms with Crippen LogP contribution in [0.15, 0.2) is 48.0 Å². The molecule has 2 aromatic rings. The molecule has 0 bridgehead atoms. The highest BCUT2D eigenvalue weighted by molar-refractivity contribution is 6.05. The summed E-state index contributed by atoms with van der Waals surface area (Å²) < 4.78 is 20.7. The molecular weight excluding hydrogens is 366 g/mol. The molecule has 0 amide bonds. The molecule has 3 rings (SSSR count). The lowest BCUT2D eigenvalue weighted by atomic mass is 10.1. The Bertz CT molecular complexity index is 990. The number of hydrogen-bond donors (Lipinski definition) is 0. The van der Waals surface area contributed by atoms with Crippen molar-refractivity contribution in [3.8, 4) is 17.2 Å². The van der Waals surface area contributed by atoms with Gasteiger partial charge in [-0.3, -0.25) is 10.1 Å². The molecule has 0 radical (unpaired) electrons. The molecule has 1 heterocycles. The number of nitrogens with zero attached hydrogens (tertiary/aromatic N) is 1. The van der Waals surface area contributed by atoms with Crippen LogP contribution < -0.4 is 14.2 Å². The number of carbonyl (C=O) groups excluding carboxylic acids is 1. The molecule has 1 aliphatic heterocycles. The lowest BCUT2D eigenvalue weighted by Gasteiger charge is -2.08. The van der Waals surface area contributed by atoms with Crippen LogP contribution in [-0.2, 0) is 9.53 Å². The molecule has 0 saturated heterocycles. The molecule has 0 spiro atoms. The average molecular weight is 383 g/mol. The molecule has 0 unspecified atom stereocenters. The molecule has 8 nitrogen and oxygen atoms in total. The predicted molar refractivity (Wildman–Crippen MR) is 101 cm³/mol. The average Bonchev–Trinajstić information content (AvgIpc) is 3.07. The minimum Gasteiger partial charge on any atom is -0.497 e. The standard InChI is InChI=1S/C20H17NO7/c1-25-15-6-4-12(5-7-15)17-10-14(20(22)28-17)8-13-9-18(26-2)19(27-3)11-16(13)21(23)24/h4-11H,1-3H3/b14-8+. The first kappa shape index (κ1) is 19.0. The van der Waals surface area contributed by atoms with Crippen molar-refractivity contribution in [3.63, 3.8) is 0 Å². The smallest absolute Gasteiger partial charge is 0.343 e. The first-order valence-corrected chi connectivity index (χ1v) is 8.17. The third-order valence-corrected chi connectivity index (χ3v) is 4.14. The van der Waals surface area contributed by atoms with Crippen molar-refractivity contribution in [2.75, 3.05) is 21.3 Å². The minimum absolute atomic E-state index is 0.182. The van der Waals surface area contributed by atoms with E-state index in [4.69, 9.17) is 18.9 Å². The highest BCUT2D eigenvalue weighted by atomic mass is 16.6. The van der Waals surface area contributed by atoms with Crippen LogP contribution in [0.3, 0.4) is 0 Å². The van der Waals surface area contributed by atoms with Gasteiger partial charge in [-0.1, -0.05) is 0 Å². The summed E-state index contributed by atoms with van der Waals surface area (Å²) in [6.07, 6.45) is 2.92. The molecule has 2 aromatic carbocycles. The zero-order valence-electron chi connectivity index (χ0n) is 15.4. The van der Waals surface area contributed by atoms with Gasteiger partial charge in [-0.05, 0) is 42.5 Å². The predicted octanol–water partition coefficient (Wildman–Crippen LogP) is 3.60. The summed E-state index contributed by atoms with van der Waals surface area (Å²) in [5.41, 5.74) is 0.839. The van der Waals surface area contributed by atoms with Crippen molar-refractivity contribution < 1.29 is 28.7 Å². The monoisotopic (exact) mass is 383 g/mol. The minimum atomic E-state index is -0.602. The van der Waals surface area contributed by atoms with Gasteiger partial charge in [0.1, 0.15) is 11.5 Å². The number of methoxy groups -OCH3 is 3. The fourth-order valence-electron chi connectivity index (χ4n) is 2.71. The van der Waals surface area contributed by atoms with Crippen molar-refractivity contribution in [3.05, 3.63) is 69.3 Å². The van der Waals surface area contributed by atoms with E-state index < -0.39 is 10.9 Å².